The quantitative estimate of drug-likeness (QED) is 0.851. The molecule has 0 spiro atoms. The topological polar surface area (TPSA) is 41.5 Å². The molecule has 0 heterocycles. The van der Waals surface area contributed by atoms with Crippen LogP contribution in [0.5, 0.6) is 5.75 Å². The van der Waals surface area contributed by atoms with Gasteiger partial charge in [-0.05, 0) is 29.3 Å². The van der Waals surface area contributed by atoms with E-state index in [1.165, 1.54) is 18.2 Å². The van der Waals surface area contributed by atoms with Crippen LogP contribution in [0.2, 0.25) is 0 Å². The smallest absolute Gasteiger partial charge is 0.123 e. The number of halogens is 1. The summed E-state index contributed by atoms with van der Waals surface area (Å²) in [6.07, 6.45) is 0. The molecule has 0 fully saturated rings. The predicted octanol–water partition coefficient (Wildman–Crippen LogP) is 2.97. The molecule has 0 saturated carbocycles. The Balaban J connectivity index is 1.97. The fraction of sp³-hybridized carbons (Fsp3) is 0.250. The highest BCUT2D eigenvalue weighted by molar-refractivity contribution is 5.32. The van der Waals surface area contributed by atoms with Gasteiger partial charge in [0, 0.05) is 25.8 Å². The second-order valence-corrected chi connectivity index (χ2v) is 4.58. The second-order valence-electron chi connectivity index (χ2n) is 4.58. The lowest BCUT2D eigenvalue weighted by Gasteiger charge is -2.11. The Morgan fingerprint density at radius 1 is 1.05 bits per heavy atom. The highest BCUT2D eigenvalue weighted by atomic mass is 19.1. The molecule has 0 aromatic heterocycles. The van der Waals surface area contributed by atoms with Gasteiger partial charge >= 0.3 is 0 Å². The van der Waals surface area contributed by atoms with Crippen LogP contribution >= 0.6 is 0 Å². The molecule has 106 valence electrons. The van der Waals surface area contributed by atoms with Crippen molar-refractivity contribution in [3.8, 4) is 5.75 Å². The number of phenols is 1. The van der Waals surface area contributed by atoms with Crippen LogP contribution in [0.4, 0.5) is 4.39 Å². The van der Waals surface area contributed by atoms with Gasteiger partial charge in [0.2, 0.25) is 0 Å². The van der Waals surface area contributed by atoms with Crippen molar-refractivity contribution in [1.82, 2.24) is 5.32 Å². The van der Waals surface area contributed by atoms with Gasteiger partial charge in [-0.15, -0.1) is 0 Å². The number of rotatable bonds is 6. The Labute approximate surface area is 118 Å². The van der Waals surface area contributed by atoms with Crippen molar-refractivity contribution in [3.05, 3.63) is 65.0 Å². The minimum absolute atomic E-state index is 0.101. The van der Waals surface area contributed by atoms with E-state index in [0.717, 1.165) is 11.1 Å². The lowest BCUT2D eigenvalue weighted by Crippen LogP contribution is -2.14. The molecule has 2 N–H and O–H groups in total. The van der Waals surface area contributed by atoms with E-state index in [9.17, 15) is 9.50 Å². The van der Waals surface area contributed by atoms with Gasteiger partial charge in [-0.2, -0.15) is 0 Å². The predicted molar refractivity (Wildman–Crippen MR) is 75.8 cm³/mol. The van der Waals surface area contributed by atoms with Gasteiger partial charge < -0.3 is 15.2 Å². The van der Waals surface area contributed by atoms with Gasteiger partial charge in [-0.1, -0.05) is 24.3 Å². The number of ether oxygens (including phenoxy) is 1. The first-order valence-electron chi connectivity index (χ1n) is 6.44. The van der Waals surface area contributed by atoms with Crippen molar-refractivity contribution >= 4 is 0 Å². The minimum Gasteiger partial charge on any atom is -0.508 e. The first-order chi connectivity index (χ1) is 9.70. The van der Waals surface area contributed by atoms with Gasteiger partial charge in [0.25, 0.3) is 0 Å². The molecule has 0 aliphatic rings. The van der Waals surface area contributed by atoms with Crippen LogP contribution in [0.25, 0.3) is 0 Å². The fourth-order valence-corrected chi connectivity index (χ4v) is 2.05. The molecule has 0 unspecified atom stereocenters. The molecular weight excluding hydrogens is 257 g/mol. The summed E-state index contributed by atoms with van der Waals surface area (Å²) in [7, 11) is 1.66. The summed E-state index contributed by atoms with van der Waals surface area (Å²) >= 11 is 0. The van der Waals surface area contributed by atoms with Crippen LogP contribution in [0, 0.1) is 5.82 Å². The molecule has 2 rings (SSSR count). The van der Waals surface area contributed by atoms with Crippen molar-refractivity contribution in [3.63, 3.8) is 0 Å². The number of aromatic hydroxyl groups is 1. The van der Waals surface area contributed by atoms with E-state index < -0.39 is 0 Å². The molecule has 0 aliphatic carbocycles. The number of hydrogen-bond acceptors (Lipinski definition) is 3. The maximum absolute atomic E-state index is 13.1. The average Bonchev–Trinajstić information content (AvgIpc) is 2.45. The zero-order valence-electron chi connectivity index (χ0n) is 11.4. The fourth-order valence-electron chi connectivity index (χ4n) is 2.05. The molecule has 0 bridgehead atoms. The van der Waals surface area contributed by atoms with E-state index in [-0.39, 0.29) is 11.6 Å². The van der Waals surface area contributed by atoms with Crippen LogP contribution in [0.15, 0.2) is 42.5 Å². The lowest BCUT2D eigenvalue weighted by molar-refractivity contribution is 0.184. The number of hydrogen-bond donors (Lipinski definition) is 2. The molecule has 20 heavy (non-hydrogen) atoms. The second kappa shape index (κ2) is 7.03. The van der Waals surface area contributed by atoms with Crippen LogP contribution in [-0.4, -0.2) is 12.2 Å². The Kier molecular flexibility index (Phi) is 5.09. The summed E-state index contributed by atoms with van der Waals surface area (Å²) in [5.41, 5.74) is 2.80. The summed E-state index contributed by atoms with van der Waals surface area (Å²) in [5.74, 6) is -0.247. The monoisotopic (exact) mass is 275 g/mol. The number of methoxy groups -OCH3 is 1. The Bertz CT molecular complexity index is 572. The number of benzene rings is 2. The highest BCUT2D eigenvalue weighted by Crippen LogP contribution is 2.18. The third-order valence-corrected chi connectivity index (χ3v) is 3.09. The normalized spacial score (nSPS) is 10.7. The summed E-state index contributed by atoms with van der Waals surface area (Å²) in [6.45, 7) is 1.60. The van der Waals surface area contributed by atoms with Crippen LogP contribution in [-0.2, 0) is 24.4 Å². The summed E-state index contributed by atoms with van der Waals surface area (Å²) in [6, 6.07) is 11.9. The van der Waals surface area contributed by atoms with E-state index in [4.69, 9.17) is 4.74 Å². The van der Waals surface area contributed by atoms with Crippen molar-refractivity contribution in [1.29, 1.82) is 0 Å². The average molecular weight is 275 g/mol. The third kappa shape index (κ3) is 3.79. The van der Waals surface area contributed by atoms with Gasteiger partial charge in [0.1, 0.15) is 11.6 Å². The zero-order valence-corrected chi connectivity index (χ0v) is 11.4. The van der Waals surface area contributed by atoms with E-state index in [1.807, 2.05) is 24.3 Å². The van der Waals surface area contributed by atoms with Crippen LogP contribution < -0.4 is 5.32 Å². The molecular formula is C16H18FNO2. The molecule has 0 atom stereocenters. The largest absolute Gasteiger partial charge is 0.508 e. The molecule has 0 radical (unpaired) electrons. The zero-order chi connectivity index (χ0) is 14.4. The lowest BCUT2D eigenvalue weighted by atomic mass is 10.1. The van der Waals surface area contributed by atoms with E-state index in [0.29, 0.717) is 25.3 Å². The van der Waals surface area contributed by atoms with Crippen LogP contribution in [0.1, 0.15) is 16.7 Å². The molecule has 3 nitrogen and oxygen atoms in total. The molecule has 0 saturated heterocycles. The molecule has 0 amide bonds. The summed E-state index contributed by atoms with van der Waals surface area (Å²) < 4.78 is 18.3. The SMILES string of the molecule is COCc1ccccc1CNCc1cc(F)ccc1O. The number of phenolic OH excluding ortho intramolecular Hbond substituents is 1. The van der Waals surface area contributed by atoms with Gasteiger partial charge in [0.15, 0.2) is 0 Å². The highest BCUT2D eigenvalue weighted by Gasteiger charge is 2.04. The van der Waals surface area contributed by atoms with Crippen molar-refractivity contribution in [2.75, 3.05) is 7.11 Å². The maximum Gasteiger partial charge on any atom is 0.123 e. The minimum atomic E-state index is -0.348. The van der Waals surface area contributed by atoms with Crippen molar-refractivity contribution in [2.45, 2.75) is 19.7 Å². The Morgan fingerprint density at radius 2 is 1.75 bits per heavy atom. The molecule has 2 aromatic carbocycles. The maximum atomic E-state index is 13.1. The van der Waals surface area contributed by atoms with E-state index >= 15 is 0 Å². The Hall–Kier alpha value is -1.91. The third-order valence-electron chi connectivity index (χ3n) is 3.09. The van der Waals surface area contributed by atoms with Crippen LogP contribution in [0.3, 0.4) is 0 Å². The van der Waals surface area contributed by atoms with Crippen molar-refractivity contribution in [2.24, 2.45) is 0 Å². The van der Waals surface area contributed by atoms with E-state index in [1.54, 1.807) is 7.11 Å². The Morgan fingerprint density at radius 3 is 2.50 bits per heavy atom. The standard InChI is InChI=1S/C16H18FNO2/c1-20-11-13-5-3-2-4-12(13)9-18-10-14-8-15(17)6-7-16(14)19/h2-8,18-19H,9-11H2,1H3. The van der Waals surface area contributed by atoms with Gasteiger partial charge in [-0.25, -0.2) is 4.39 Å². The first-order valence-corrected chi connectivity index (χ1v) is 6.44. The molecule has 2 aromatic rings. The van der Waals surface area contributed by atoms with E-state index in [2.05, 4.69) is 5.32 Å². The summed E-state index contributed by atoms with van der Waals surface area (Å²) in [4.78, 5) is 0. The molecule has 0 aliphatic heterocycles. The first kappa shape index (κ1) is 14.5. The van der Waals surface area contributed by atoms with Gasteiger partial charge in [-0.3, -0.25) is 0 Å². The summed E-state index contributed by atoms with van der Waals surface area (Å²) in [5, 5.41) is 12.8. The van der Waals surface area contributed by atoms with Crippen molar-refractivity contribution < 1.29 is 14.2 Å². The molecule has 4 heteroatoms. The number of nitrogens with one attached hydrogen (secondary N) is 1. The van der Waals surface area contributed by atoms with Gasteiger partial charge in [0.05, 0.1) is 6.61 Å².